The minimum atomic E-state index is -0.735. The minimum Gasteiger partial charge on any atom is -0.394 e. The number of pyridine rings is 2. The van der Waals surface area contributed by atoms with Gasteiger partial charge in [0.15, 0.2) is 0 Å². The lowest BCUT2D eigenvalue weighted by atomic mass is 10.0. The van der Waals surface area contributed by atoms with Crippen LogP contribution in [0, 0.1) is 11.6 Å². The van der Waals surface area contributed by atoms with Crippen LogP contribution >= 0.6 is 15.9 Å². The number of hydrogen-bond donors (Lipinski definition) is 2. The molecule has 6 nitrogen and oxygen atoms in total. The van der Waals surface area contributed by atoms with Gasteiger partial charge >= 0.3 is 0 Å². The van der Waals surface area contributed by atoms with Crippen molar-refractivity contribution in [3.8, 4) is 22.5 Å². The SMILES string of the molecule is O=c1cc(-c2ccc3[nH]nc(-c4ccc(F)cn4)c3c2)ccn1C(CO)c1cc(F)cc(Br)c1. The number of aromatic nitrogens is 4. The van der Waals surface area contributed by atoms with E-state index in [1.807, 2.05) is 18.2 Å². The number of aliphatic hydroxyl groups is 1. The van der Waals surface area contributed by atoms with E-state index in [1.165, 1.54) is 28.8 Å². The number of halogens is 3. The number of aliphatic hydroxyl groups excluding tert-OH is 1. The van der Waals surface area contributed by atoms with Crippen molar-refractivity contribution in [3.05, 3.63) is 105 Å². The van der Waals surface area contributed by atoms with Crippen molar-refractivity contribution in [2.75, 3.05) is 6.61 Å². The van der Waals surface area contributed by atoms with Gasteiger partial charge in [0.2, 0.25) is 0 Å². The molecule has 0 radical (unpaired) electrons. The fraction of sp³-hybridized carbons (Fsp3) is 0.0800. The molecule has 0 bridgehead atoms. The molecule has 2 aromatic carbocycles. The van der Waals surface area contributed by atoms with Gasteiger partial charge in [-0.1, -0.05) is 22.0 Å². The summed E-state index contributed by atoms with van der Waals surface area (Å²) in [5.41, 5.74) is 3.44. The second-order valence-corrected chi connectivity index (χ2v) is 8.67. The lowest BCUT2D eigenvalue weighted by Crippen LogP contribution is -2.27. The van der Waals surface area contributed by atoms with Gasteiger partial charge in [0.1, 0.15) is 17.3 Å². The molecule has 0 amide bonds. The van der Waals surface area contributed by atoms with E-state index < -0.39 is 17.7 Å². The molecule has 34 heavy (non-hydrogen) atoms. The number of hydrogen-bond acceptors (Lipinski definition) is 4. The standard InChI is InChI=1S/C25H17BrF2N4O2/c26-17-7-16(8-19(28)11-17)23(13-33)32-6-5-15(10-24(32)34)14-1-3-21-20(9-14)25(31-30-21)22-4-2-18(27)12-29-22/h1-12,23,33H,13H2,(H,30,31). The van der Waals surface area contributed by atoms with Crippen LogP contribution in [0.5, 0.6) is 0 Å². The van der Waals surface area contributed by atoms with Gasteiger partial charge in [-0.15, -0.1) is 0 Å². The average Bonchev–Trinajstić information content (AvgIpc) is 3.24. The summed E-state index contributed by atoms with van der Waals surface area (Å²) in [7, 11) is 0. The summed E-state index contributed by atoms with van der Waals surface area (Å²) in [5.74, 6) is -0.899. The van der Waals surface area contributed by atoms with Crippen molar-refractivity contribution in [1.82, 2.24) is 19.7 Å². The molecule has 9 heteroatoms. The molecule has 1 unspecified atom stereocenters. The highest BCUT2D eigenvalue weighted by atomic mass is 79.9. The Morgan fingerprint density at radius 3 is 2.53 bits per heavy atom. The second-order valence-electron chi connectivity index (χ2n) is 7.76. The van der Waals surface area contributed by atoms with Crippen molar-refractivity contribution >= 4 is 26.8 Å². The summed E-state index contributed by atoms with van der Waals surface area (Å²) >= 11 is 3.25. The normalized spacial score (nSPS) is 12.2. The van der Waals surface area contributed by atoms with E-state index in [0.717, 1.165) is 22.7 Å². The second kappa shape index (κ2) is 8.92. The molecule has 1 atom stereocenters. The average molecular weight is 523 g/mol. The van der Waals surface area contributed by atoms with Gasteiger partial charge in [-0.25, -0.2) is 8.78 Å². The quantitative estimate of drug-likeness (QED) is 0.337. The first-order chi connectivity index (χ1) is 16.4. The molecule has 0 saturated heterocycles. The lowest BCUT2D eigenvalue weighted by molar-refractivity contribution is 0.246. The van der Waals surface area contributed by atoms with Gasteiger partial charge in [-0.3, -0.25) is 14.9 Å². The molecule has 0 aliphatic rings. The largest absolute Gasteiger partial charge is 0.394 e. The molecule has 0 spiro atoms. The molecule has 170 valence electrons. The first kappa shape index (κ1) is 22.1. The van der Waals surface area contributed by atoms with Crippen LogP contribution in [0.1, 0.15) is 11.6 Å². The van der Waals surface area contributed by atoms with Crippen molar-refractivity contribution in [2.45, 2.75) is 6.04 Å². The van der Waals surface area contributed by atoms with Crippen molar-refractivity contribution in [3.63, 3.8) is 0 Å². The molecule has 5 aromatic rings. The van der Waals surface area contributed by atoms with Crippen LogP contribution < -0.4 is 5.56 Å². The van der Waals surface area contributed by atoms with Crippen molar-refractivity contribution < 1.29 is 13.9 Å². The predicted octanol–water partition coefficient (Wildman–Crippen LogP) is 5.08. The Balaban J connectivity index is 1.54. The molecule has 3 aromatic heterocycles. The summed E-state index contributed by atoms with van der Waals surface area (Å²) in [6, 6.07) is 15.2. The predicted molar refractivity (Wildman–Crippen MR) is 128 cm³/mol. The third kappa shape index (κ3) is 4.15. The van der Waals surface area contributed by atoms with Gasteiger partial charge in [0, 0.05) is 22.1 Å². The fourth-order valence-corrected chi connectivity index (χ4v) is 4.44. The van der Waals surface area contributed by atoms with Crippen LogP contribution in [0.25, 0.3) is 33.4 Å². The first-order valence-electron chi connectivity index (χ1n) is 10.3. The molecule has 0 fully saturated rings. The van der Waals surface area contributed by atoms with Gasteiger partial charge in [-0.05, 0) is 65.2 Å². The highest BCUT2D eigenvalue weighted by Crippen LogP contribution is 2.30. The van der Waals surface area contributed by atoms with Gasteiger partial charge < -0.3 is 9.67 Å². The van der Waals surface area contributed by atoms with Gasteiger partial charge in [0.25, 0.3) is 5.56 Å². The zero-order valence-corrected chi connectivity index (χ0v) is 19.1. The van der Waals surface area contributed by atoms with Crippen LogP contribution in [0.15, 0.2) is 82.3 Å². The number of H-pyrrole nitrogens is 1. The van der Waals surface area contributed by atoms with E-state index in [1.54, 1.807) is 24.4 Å². The summed E-state index contributed by atoms with van der Waals surface area (Å²) in [6.45, 7) is -0.371. The number of nitrogens with one attached hydrogen (secondary N) is 1. The maximum atomic E-state index is 13.9. The molecular formula is C25H17BrF2N4O2. The smallest absolute Gasteiger partial charge is 0.251 e. The number of rotatable bonds is 5. The van der Waals surface area contributed by atoms with Gasteiger partial charge in [-0.2, -0.15) is 5.10 Å². The van der Waals surface area contributed by atoms with E-state index in [-0.39, 0.29) is 12.2 Å². The van der Waals surface area contributed by atoms with Crippen LogP contribution in [-0.2, 0) is 0 Å². The number of nitrogens with zero attached hydrogens (tertiary/aromatic N) is 3. The third-order valence-electron chi connectivity index (χ3n) is 5.59. The van der Waals surface area contributed by atoms with Crippen LogP contribution in [0.2, 0.25) is 0 Å². The molecule has 0 saturated carbocycles. The van der Waals surface area contributed by atoms with Gasteiger partial charge in [0.05, 0.1) is 30.1 Å². The Bertz CT molecular complexity index is 1540. The van der Waals surface area contributed by atoms with E-state index in [2.05, 4.69) is 31.1 Å². The number of benzene rings is 2. The van der Waals surface area contributed by atoms with E-state index in [0.29, 0.717) is 27.0 Å². The summed E-state index contributed by atoms with van der Waals surface area (Å²) in [6.07, 6.45) is 2.72. The fourth-order valence-electron chi connectivity index (χ4n) is 3.95. The summed E-state index contributed by atoms with van der Waals surface area (Å²) in [4.78, 5) is 17.1. The van der Waals surface area contributed by atoms with Crippen molar-refractivity contribution in [2.24, 2.45) is 0 Å². The number of fused-ring (bicyclic) bond motifs is 1. The molecule has 2 N–H and O–H groups in total. The maximum absolute atomic E-state index is 13.9. The monoisotopic (exact) mass is 522 g/mol. The third-order valence-corrected chi connectivity index (χ3v) is 6.05. The van der Waals surface area contributed by atoms with E-state index >= 15 is 0 Å². The maximum Gasteiger partial charge on any atom is 0.251 e. The molecule has 0 aliphatic heterocycles. The zero-order valence-electron chi connectivity index (χ0n) is 17.5. The highest BCUT2D eigenvalue weighted by molar-refractivity contribution is 9.10. The molecule has 0 aliphatic carbocycles. The Labute approximate surface area is 200 Å². The molecular weight excluding hydrogens is 506 g/mol. The topological polar surface area (TPSA) is 83.8 Å². The Kier molecular flexibility index (Phi) is 5.80. The van der Waals surface area contributed by atoms with E-state index in [4.69, 9.17) is 0 Å². The number of aromatic amines is 1. The summed E-state index contributed by atoms with van der Waals surface area (Å²) < 4.78 is 29.0. The summed E-state index contributed by atoms with van der Waals surface area (Å²) in [5, 5.41) is 18.0. The Morgan fingerprint density at radius 2 is 1.82 bits per heavy atom. The van der Waals surface area contributed by atoms with E-state index in [9.17, 15) is 18.7 Å². The van der Waals surface area contributed by atoms with Crippen LogP contribution in [-0.4, -0.2) is 31.5 Å². The zero-order chi connectivity index (χ0) is 23.8. The van der Waals surface area contributed by atoms with Crippen LogP contribution in [0.4, 0.5) is 8.78 Å². The van der Waals surface area contributed by atoms with Crippen LogP contribution in [0.3, 0.4) is 0 Å². The van der Waals surface area contributed by atoms with Crippen molar-refractivity contribution in [1.29, 1.82) is 0 Å². The minimum absolute atomic E-state index is 0.343. The Hall–Kier alpha value is -3.69. The highest BCUT2D eigenvalue weighted by Gasteiger charge is 2.17. The Morgan fingerprint density at radius 1 is 1.00 bits per heavy atom. The molecule has 3 heterocycles. The first-order valence-corrected chi connectivity index (χ1v) is 11.1. The molecule has 5 rings (SSSR count). The lowest BCUT2D eigenvalue weighted by Gasteiger charge is -2.19.